The van der Waals surface area contributed by atoms with Gasteiger partial charge in [-0.3, -0.25) is 4.79 Å². The van der Waals surface area contributed by atoms with Crippen molar-refractivity contribution in [2.45, 2.75) is 40.2 Å². The normalized spacial score (nSPS) is 16.5. The number of benzene rings is 1. The van der Waals surface area contributed by atoms with Gasteiger partial charge in [-0.2, -0.15) is 0 Å². The molecule has 2 rings (SSSR count). The number of ether oxygens (including phenoxy) is 2. The van der Waals surface area contributed by atoms with Crippen LogP contribution in [0.1, 0.15) is 44.7 Å². The molecular weight excluding hydrogens is 304 g/mol. The molecule has 0 atom stereocenters. The van der Waals surface area contributed by atoms with E-state index < -0.39 is 5.41 Å². The van der Waals surface area contributed by atoms with E-state index in [1.807, 2.05) is 20.8 Å². The van der Waals surface area contributed by atoms with Crippen LogP contribution < -0.4 is 9.47 Å². The molecule has 1 aromatic carbocycles. The zero-order valence-corrected chi connectivity index (χ0v) is 14.9. The van der Waals surface area contributed by atoms with Crippen molar-refractivity contribution in [2.75, 3.05) is 14.2 Å². The van der Waals surface area contributed by atoms with E-state index in [0.29, 0.717) is 29.0 Å². The summed E-state index contributed by atoms with van der Waals surface area (Å²) in [6.07, 6.45) is 1.32. The Labute approximate surface area is 143 Å². The summed E-state index contributed by atoms with van der Waals surface area (Å²) >= 11 is 0. The van der Waals surface area contributed by atoms with E-state index in [1.165, 1.54) is 0 Å². The highest BCUT2D eigenvalue weighted by atomic mass is 16.5. The van der Waals surface area contributed by atoms with Gasteiger partial charge in [-0.15, -0.1) is 0 Å². The van der Waals surface area contributed by atoms with Gasteiger partial charge in [0.15, 0.2) is 0 Å². The molecule has 0 radical (unpaired) electrons. The van der Waals surface area contributed by atoms with Crippen molar-refractivity contribution in [3.8, 4) is 23.3 Å². The number of aliphatic hydroxyl groups excluding tert-OH is 1. The van der Waals surface area contributed by atoms with Crippen LogP contribution in [0.4, 0.5) is 0 Å². The minimum Gasteiger partial charge on any atom is -0.497 e. The molecule has 128 valence electrons. The number of aliphatic hydroxyl groups is 1. The van der Waals surface area contributed by atoms with Gasteiger partial charge >= 0.3 is 0 Å². The molecule has 1 aliphatic rings. The molecule has 0 heterocycles. The predicted octanol–water partition coefficient (Wildman–Crippen LogP) is 3.25. The first kappa shape index (κ1) is 18.1. The number of hydrogen-bond donors (Lipinski definition) is 1. The van der Waals surface area contributed by atoms with Gasteiger partial charge in [0.1, 0.15) is 17.3 Å². The van der Waals surface area contributed by atoms with Crippen LogP contribution in [-0.4, -0.2) is 25.1 Å². The van der Waals surface area contributed by atoms with Crippen molar-refractivity contribution in [1.82, 2.24) is 0 Å². The summed E-state index contributed by atoms with van der Waals surface area (Å²) in [5.41, 5.74) is 2.69. The quantitative estimate of drug-likeness (QED) is 0.866. The lowest BCUT2D eigenvalue weighted by Gasteiger charge is -2.29. The predicted molar refractivity (Wildman–Crippen MR) is 93.1 cm³/mol. The molecule has 1 aromatic rings. The molecule has 0 aliphatic heterocycles. The van der Waals surface area contributed by atoms with Gasteiger partial charge in [0.25, 0.3) is 0 Å². The fraction of sp³-hybridized carbons (Fsp3) is 0.450. The fourth-order valence-electron chi connectivity index (χ4n) is 2.99. The van der Waals surface area contributed by atoms with E-state index in [4.69, 9.17) is 9.47 Å². The number of allylic oxidation sites excluding steroid dienone is 2. The van der Waals surface area contributed by atoms with Crippen LogP contribution in [0.3, 0.4) is 0 Å². The third kappa shape index (κ3) is 3.32. The van der Waals surface area contributed by atoms with Gasteiger partial charge in [0, 0.05) is 23.6 Å². The Hall–Kier alpha value is -2.25. The van der Waals surface area contributed by atoms with E-state index in [2.05, 4.69) is 11.8 Å². The Morgan fingerprint density at radius 1 is 1.17 bits per heavy atom. The second-order valence-electron chi connectivity index (χ2n) is 6.48. The summed E-state index contributed by atoms with van der Waals surface area (Å²) in [5, 5.41) is 9.65. The van der Waals surface area contributed by atoms with E-state index in [0.717, 1.165) is 17.6 Å². The highest BCUT2D eigenvalue weighted by molar-refractivity contribution is 5.90. The molecule has 0 amide bonds. The lowest BCUT2D eigenvalue weighted by Crippen LogP contribution is -2.30. The first-order valence-electron chi connectivity index (χ1n) is 7.96. The Balaban J connectivity index is 2.56. The highest BCUT2D eigenvalue weighted by Crippen LogP contribution is 2.37. The zero-order chi connectivity index (χ0) is 17.9. The Morgan fingerprint density at radius 3 is 2.46 bits per heavy atom. The number of ketones is 1. The first-order valence-corrected chi connectivity index (χ1v) is 7.96. The van der Waals surface area contributed by atoms with Crippen LogP contribution in [-0.2, 0) is 11.4 Å². The second-order valence-corrected chi connectivity index (χ2v) is 6.48. The smallest absolute Gasteiger partial charge is 0.143 e. The maximum atomic E-state index is 12.2. The lowest BCUT2D eigenvalue weighted by molar-refractivity contribution is -0.125. The molecule has 0 spiro atoms. The summed E-state index contributed by atoms with van der Waals surface area (Å²) in [6, 6.07) is 3.48. The number of rotatable bonds is 3. The molecule has 0 fully saturated rings. The van der Waals surface area contributed by atoms with Crippen molar-refractivity contribution in [3.63, 3.8) is 0 Å². The number of methoxy groups -OCH3 is 2. The summed E-state index contributed by atoms with van der Waals surface area (Å²) in [6.45, 7) is 5.69. The van der Waals surface area contributed by atoms with Crippen LogP contribution in [0.25, 0.3) is 0 Å². The number of hydrogen-bond acceptors (Lipinski definition) is 4. The van der Waals surface area contributed by atoms with Crippen molar-refractivity contribution in [3.05, 3.63) is 34.4 Å². The monoisotopic (exact) mass is 328 g/mol. The summed E-state index contributed by atoms with van der Waals surface area (Å²) in [7, 11) is 3.12. The maximum absolute atomic E-state index is 12.2. The lowest BCUT2D eigenvalue weighted by atomic mass is 9.72. The van der Waals surface area contributed by atoms with Crippen molar-refractivity contribution in [1.29, 1.82) is 0 Å². The molecule has 0 bridgehead atoms. The average molecular weight is 328 g/mol. The topological polar surface area (TPSA) is 55.8 Å². The third-order valence-corrected chi connectivity index (χ3v) is 4.57. The highest BCUT2D eigenvalue weighted by Gasteiger charge is 2.35. The second kappa shape index (κ2) is 7.11. The van der Waals surface area contributed by atoms with Crippen molar-refractivity contribution >= 4 is 5.78 Å². The van der Waals surface area contributed by atoms with Gasteiger partial charge in [-0.05, 0) is 33.3 Å². The summed E-state index contributed by atoms with van der Waals surface area (Å²) < 4.78 is 10.6. The molecule has 0 unspecified atom stereocenters. The van der Waals surface area contributed by atoms with E-state index in [9.17, 15) is 9.90 Å². The molecule has 0 saturated carbocycles. The van der Waals surface area contributed by atoms with Gasteiger partial charge in [0.05, 0.1) is 31.8 Å². The molecule has 0 saturated heterocycles. The Bertz CT molecular complexity index is 720. The average Bonchev–Trinajstić information content (AvgIpc) is 2.57. The van der Waals surface area contributed by atoms with E-state index in [-0.39, 0.29) is 12.4 Å². The third-order valence-electron chi connectivity index (χ3n) is 4.57. The van der Waals surface area contributed by atoms with Gasteiger partial charge in [-0.25, -0.2) is 0 Å². The summed E-state index contributed by atoms with van der Waals surface area (Å²) in [4.78, 5) is 12.2. The van der Waals surface area contributed by atoms with E-state index >= 15 is 0 Å². The Kier molecular flexibility index (Phi) is 5.36. The van der Waals surface area contributed by atoms with Crippen LogP contribution in [0.5, 0.6) is 11.5 Å². The van der Waals surface area contributed by atoms with Gasteiger partial charge in [-0.1, -0.05) is 17.4 Å². The summed E-state index contributed by atoms with van der Waals surface area (Å²) in [5.74, 6) is 7.64. The maximum Gasteiger partial charge on any atom is 0.143 e. The molecule has 24 heavy (non-hydrogen) atoms. The van der Waals surface area contributed by atoms with Crippen LogP contribution in [0, 0.1) is 17.3 Å². The zero-order valence-electron chi connectivity index (χ0n) is 14.9. The number of carbonyl (C=O) groups is 1. The van der Waals surface area contributed by atoms with Gasteiger partial charge in [0.2, 0.25) is 0 Å². The fourth-order valence-corrected chi connectivity index (χ4v) is 2.99. The SMILES string of the molecule is COc1cc(CO)c(C#CC2=C(C)CCC(=O)C2(C)C)c(OC)c1. The molecule has 4 heteroatoms. The van der Waals surface area contributed by atoms with Crippen LogP contribution in [0.15, 0.2) is 23.3 Å². The number of carbonyl (C=O) groups excluding carboxylic acids is 1. The minimum absolute atomic E-state index is 0.169. The Morgan fingerprint density at radius 2 is 1.88 bits per heavy atom. The molecule has 1 N–H and O–H groups in total. The van der Waals surface area contributed by atoms with Crippen LogP contribution >= 0.6 is 0 Å². The first-order chi connectivity index (χ1) is 11.3. The standard InChI is InChI=1S/C20H24O4/c1-13-6-9-19(22)20(2,3)17(13)8-7-16-14(12-21)10-15(23-4)11-18(16)24-5/h10-11,21H,6,9,12H2,1-5H3. The molecule has 0 aromatic heterocycles. The van der Waals surface area contributed by atoms with Gasteiger partial charge < -0.3 is 14.6 Å². The van der Waals surface area contributed by atoms with Crippen molar-refractivity contribution in [2.24, 2.45) is 5.41 Å². The van der Waals surface area contributed by atoms with Crippen LogP contribution in [0.2, 0.25) is 0 Å². The molecule has 1 aliphatic carbocycles. The molecule has 4 nitrogen and oxygen atoms in total. The largest absolute Gasteiger partial charge is 0.497 e. The number of Topliss-reactive ketones (excluding diaryl/α,β-unsaturated/α-hetero) is 1. The van der Waals surface area contributed by atoms with Crippen molar-refractivity contribution < 1.29 is 19.4 Å². The minimum atomic E-state index is -0.575. The molecular formula is C20H24O4. The van der Waals surface area contributed by atoms with E-state index in [1.54, 1.807) is 26.4 Å².